The number of nitrogens with one attached hydrogen (secondary N) is 2. The number of aliphatic hydroxyl groups excluding tert-OH is 1. The molecule has 2 heterocycles. The maximum atomic E-state index is 13.3. The predicted molar refractivity (Wildman–Crippen MR) is 274 cm³/mol. The third-order valence-corrected chi connectivity index (χ3v) is 13.3. The van der Waals surface area contributed by atoms with Gasteiger partial charge in [-0.3, -0.25) is 0 Å². The Morgan fingerprint density at radius 1 is 0.547 bits per heavy atom. The number of imide groups is 1. The zero-order valence-corrected chi connectivity index (χ0v) is 46.0. The Morgan fingerprint density at radius 3 is 1.44 bits per heavy atom. The number of benzene rings is 3. The highest BCUT2D eigenvalue weighted by Crippen LogP contribution is 2.65. The number of carbonyl (C=O) groups is 7. The van der Waals surface area contributed by atoms with Crippen LogP contribution in [0.1, 0.15) is 140 Å². The van der Waals surface area contributed by atoms with E-state index in [1.807, 2.05) is 112 Å². The quantitative estimate of drug-likeness (QED) is 0.141. The van der Waals surface area contributed by atoms with Crippen LogP contribution in [-0.2, 0) is 63.8 Å². The van der Waals surface area contributed by atoms with Gasteiger partial charge in [0.2, 0.25) is 0 Å². The molecule has 6 atom stereocenters. The molecule has 3 aromatic rings. The molecule has 3 N–H and O–H groups in total. The normalized spacial score (nSPS) is 27.4. The maximum Gasteiger partial charge on any atom is 0.420 e. The van der Waals surface area contributed by atoms with E-state index < -0.39 is 103 Å². The lowest BCUT2D eigenvalue weighted by Crippen LogP contribution is -2.61. The molecule has 18 nitrogen and oxygen atoms in total. The first kappa shape index (κ1) is 57.6. The third kappa shape index (κ3) is 11.8. The summed E-state index contributed by atoms with van der Waals surface area (Å²) in [4.78, 5) is 89.2. The van der Waals surface area contributed by atoms with Gasteiger partial charge >= 0.3 is 42.3 Å². The average molecular weight is 1040 g/mol. The monoisotopic (exact) mass is 1040 g/mol. The second-order valence-electron chi connectivity index (χ2n) is 24.9. The Morgan fingerprint density at radius 2 is 0.973 bits per heavy atom. The van der Waals surface area contributed by atoms with Crippen LogP contribution in [0.25, 0.3) is 0 Å². The standard InChI is InChI=1S/C21H27NO6.C20H29NO5.C16H19NO4/c1-18(2,3)27-15(23)21-12-20(21,14-10-8-7-9-11-14)13-26-16(24)22(21)17(25)28-19(4,5)6;1-17(2,3)25-15(23)20(21-16(24)26-18(4,5)6)12-19(20,13-22)14-10-8-7-9-11-14;1-14(2,3)21-12(18)16-9-15(16,10-20-13(19)17-16)11-7-5-4-6-8-11/h7-11H,12-13H2,1-6H3;7-11,22H,12-13H2,1-6H3,(H,21,24);4-8H,9-10H2,1-3H3,(H,17,19). The summed E-state index contributed by atoms with van der Waals surface area (Å²) >= 11 is 0. The second kappa shape index (κ2) is 19.8. The van der Waals surface area contributed by atoms with Crippen molar-refractivity contribution in [1.82, 2.24) is 15.5 Å². The van der Waals surface area contributed by atoms with Gasteiger partial charge in [-0.15, -0.1) is 0 Å². The van der Waals surface area contributed by atoms with E-state index in [-0.39, 0.29) is 32.7 Å². The second-order valence-corrected chi connectivity index (χ2v) is 24.9. The number of hydrogen-bond donors (Lipinski definition) is 3. The molecule has 0 bridgehead atoms. The van der Waals surface area contributed by atoms with Crippen molar-refractivity contribution in [3.05, 3.63) is 108 Å². The Labute approximate surface area is 439 Å². The first-order valence-electron chi connectivity index (χ1n) is 25.1. The fraction of sp³-hybridized carbons (Fsp3) is 0.561. The van der Waals surface area contributed by atoms with Crippen molar-refractivity contribution < 1.29 is 71.8 Å². The van der Waals surface area contributed by atoms with Crippen LogP contribution in [0, 0.1) is 0 Å². The van der Waals surface area contributed by atoms with Gasteiger partial charge < -0.3 is 48.9 Å². The van der Waals surface area contributed by atoms with Crippen LogP contribution < -0.4 is 10.6 Å². The van der Waals surface area contributed by atoms with Gasteiger partial charge in [-0.2, -0.15) is 4.90 Å². The van der Waals surface area contributed by atoms with Crippen molar-refractivity contribution in [1.29, 1.82) is 0 Å². The first-order chi connectivity index (χ1) is 34.5. The topological polar surface area (TPSA) is 232 Å². The highest BCUT2D eigenvalue weighted by molar-refractivity contribution is 6.02. The minimum absolute atomic E-state index is 0.00557. The number of esters is 3. The summed E-state index contributed by atoms with van der Waals surface area (Å²) in [5.74, 6) is -1.60. The molecule has 4 amide bonds. The molecule has 3 aromatic carbocycles. The van der Waals surface area contributed by atoms with Gasteiger partial charge in [0.1, 0.15) is 41.2 Å². The van der Waals surface area contributed by atoms with Gasteiger partial charge in [-0.25, -0.2) is 33.6 Å². The van der Waals surface area contributed by atoms with Crippen molar-refractivity contribution in [2.24, 2.45) is 0 Å². The Balaban J connectivity index is 0.000000185. The van der Waals surface area contributed by atoms with Crippen molar-refractivity contribution in [3.63, 3.8) is 0 Å². The largest absolute Gasteiger partial charge is 0.458 e. The van der Waals surface area contributed by atoms with Crippen molar-refractivity contribution in [2.45, 2.75) is 184 Å². The number of aliphatic hydroxyl groups is 1. The zero-order chi connectivity index (χ0) is 56.1. The number of amides is 4. The molecule has 408 valence electrons. The average Bonchev–Trinajstić information content (AvgIpc) is 4.23. The minimum atomic E-state index is -1.49. The number of alkyl carbamates (subject to hydrolysis) is 2. The summed E-state index contributed by atoms with van der Waals surface area (Å²) in [5, 5.41) is 15.5. The molecule has 3 saturated carbocycles. The number of cyclic esters (lactones) is 2. The Hall–Kier alpha value is -6.69. The molecule has 3 aliphatic carbocycles. The lowest BCUT2D eigenvalue weighted by atomic mass is 9.89. The summed E-state index contributed by atoms with van der Waals surface area (Å²) in [5.41, 5.74) is -7.26. The summed E-state index contributed by atoms with van der Waals surface area (Å²) in [6, 6.07) is 28.1. The Bertz CT molecular complexity index is 2650. The van der Waals surface area contributed by atoms with E-state index in [0.29, 0.717) is 6.42 Å². The molecule has 18 heteroatoms. The molecular weight excluding hydrogens is 967 g/mol. The van der Waals surface area contributed by atoms with Gasteiger partial charge in [0.25, 0.3) is 0 Å². The number of fused-ring (bicyclic) bond motifs is 2. The first-order valence-corrected chi connectivity index (χ1v) is 25.1. The zero-order valence-electron chi connectivity index (χ0n) is 46.0. The lowest BCUT2D eigenvalue weighted by Gasteiger charge is -2.38. The maximum absolute atomic E-state index is 13.3. The number of ether oxygens (including phenoxy) is 7. The number of rotatable bonds is 8. The molecule has 75 heavy (non-hydrogen) atoms. The van der Waals surface area contributed by atoms with Crippen molar-refractivity contribution in [3.8, 4) is 0 Å². The van der Waals surface area contributed by atoms with E-state index >= 15 is 0 Å². The third-order valence-electron chi connectivity index (χ3n) is 13.3. The van der Waals surface area contributed by atoms with Gasteiger partial charge in [0.05, 0.1) is 22.9 Å². The fourth-order valence-corrected chi connectivity index (χ4v) is 9.84. The van der Waals surface area contributed by atoms with E-state index in [4.69, 9.17) is 33.2 Å². The summed E-state index contributed by atoms with van der Waals surface area (Å²) < 4.78 is 37.9. The van der Waals surface area contributed by atoms with E-state index in [9.17, 15) is 38.7 Å². The SMILES string of the molecule is CC(C)(C)OC(=O)C12CC1(c1ccccc1)COC(=O)N2.CC(C)(C)OC(=O)N1C(=O)OCC2(c3ccccc3)CC12C(=O)OC(C)(C)C.CC(C)(C)OC(=O)NC1(C(=O)OC(C)(C)C)CC1(CO)c1ccccc1. The lowest BCUT2D eigenvalue weighted by molar-refractivity contribution is -0.165. The number of carbonyl (C=O) groups excluding carboxylic acids is 7. The number of hydrogen-bond acceptors (Lipinski definition) is 15. The molecule has 2 saturated heterocycles. The molecule has 6 unspecified atom stereocenters. The fourth-order valence-electron chi connectivity index (χ4n) is 9.84. The summed E-state index contributed by atoms with van der Waals surface area (Å²) in [7, 11) is 0. The molecule has 5 aliphatic rings. The van der Waals surface area contributed by atoms with Gasteiger partial charge in [-0.05, 0) is 140 Å². The van der Waals surface area contributed by atoms with Crippen LogP contribution in [0.2, 0.25) is 0 Å². The predicted octanol–water partition coefficient (Wildman–Crippen LogP) is 8.87. The van der Waals surface area contributed by atoms with E-state index in [1.165, 1.54) is 0 Å². The van der Waals surface area contributed by atoms with Gasteiger partial charge in [0, 0.05) is 0 Å². The highest BCUT2D eigenvalue weighted by Gasteiger charge is 2.83. The number of nitrogens with zero attached hydrogens (tertiary/aromatic N) is 1. The summed E-state index contributed by atoms with van der Waals surface area (Å²) in [6.45, 7) is 26.2. The van der Waals surface area contributed by atoms with E-state index in [0.717, 1.165) is 21.6 Å². The molecule has 2 aliphatic heterocycles. The van der Waals surface area contributed by atoms with E-state index in [2.05, 4.69) is 10.6 Å². The van der Waals surface area contributed by atoms with E-state index in [1.54, 1.807) is 83.1 Å². The molecule has 0 spiro atoms. The van der Waals surface area contributed by atoms with Gasteiger partial charge in [0.15, 0.2) is 16.6 Å². The molecule has 0 radical (unpaired) electrons. The van der Waals surface area contributed by atoms with Crippen molar-refractivity contribution in [2.75, 3.05) is 19.8 Å². The molecule has 0 aromatic heterocycles. The molecular formula is C57H75N3O15. The van der Waals surface area contributed by atoms with Crippen LogP contribution in [0.4, 0.5) is 19.2 Å². The highest BCUT2D eigenvalue weighted by atomic mass is 16.6. The smallest absolute Gasteiger partial charge is 0.420 e. The molecule has 5 fully saturated rings. The van der Waals surface area contributed by atoms with Crippen LogP contribution in [0.5, 0.6) is 0 Å². The van der Waals surface area contributed by atoms with Crippen LogP contribution >= 0.6 is 0 Å². The minimum Gasteiger partial charge on any atom is -0.458 e. The van der Waals surface area contributed by atoms with Crippen LogP contribution in [0.15, 0.2) is 91.0 Å². The van der Waals surface area contributed by atoms with Crippen LogP contribution in [0.3, 0.4) is 0 Å². The van der Waals surface area contributed by atoms with Crippen LogP contribution in [-0.4, -0.2) is 117 Å². The molecule has 8 rings (SSSR count). The van der Waals surface area contributed by atoms with Gasteiger partial charge in [-0.1, -0.05) is 91.0 Å². The Kier molecular flexibility index (Phi) is 15.2. The summed E-state index contributed by atoms with van der Waals surface area (Å²) in [6.07, 6.45) is -2.12. The van der Waals surface area contributed by atoms with Crippen molar-refractivity contribution >= 4 is 42.3 Å².